The second-order valence-corrected chi connectivity index (χ2v) is 9.31. The van der Waals surface area contributed by atoms with Crippen molar-refractivity contribution in [3.05, 3.63) is 76.3 Å². The van der Waals surface area contributed by atoms with Gasteiger partial charge in [0.05, 0.1) is 23.4 Å². The summed E-state index contributed by atoms with van der Waals surface area (Å²) in [4.78, 5) is 27.9. The maximum absolute atomic E-state index is 12.0. The number of fused-ring (bicyclic) bond motifs is 1. The Morgan fingerprint density at radius 3 is 2.84 bits per heavy atom. The first-order chi connectivity index (χ1) is 15.5. The van der Waals surface area contributed by atoms with Crippen molar-refractivity contribution >= 4 is 45.0 Å². The third kappa shape index (κ3) is 5.18. The van der Waals surface area contributed by atoms with Crippen molar-refractivity contribution in [3.63, 3.8) is 0 Å². The largest absolute Gasteiger partial charge is 0.466 e. The fraction of sp³-hybridized carbons (Fsp3) is 0.292. The van der Waals surface area contributed by atoms with Crippen LogP contribution in [0.5, 0.6) is 0 Å². The van der Waals surface area contributed by atoms with Crippen molar-refractivity contribution in [2.24, 2.45) is 11.8 Å². The van der Waals surface area contributed by atoms with Gasteiger partial charge in [0.15, 0.2) is 0 Å². The molecule has 6 nitrogen and oxygen atoms in total. The summed E-state index contributed by atoms with van der Waals surface area (Å²) in [6, 6.07) is 15.2. The first-order valence-corrected chi connectivity index (χ1v) is 11.5. The molecule has 4 atom stereocenters. The molecule has 1 heterocycles. The zero-order valence-corrected chi connectivity index (χ0v) is 19.0. The molecule has 32 heavy (non-hydrogen) atoms. The molecule has 166 valence electrons. The van der Waals surface area contributed by atoms with Gasteiger partial charge >= 0.3 is 5.97 Å². The van der Waals surface area contributed by atoms with Crippen LogP contribution < -0.4 is 5.32 Å². The van der Waals surface area contributed by atoms with Gasteiger partial charge < -0.3 is 15.2 Å². The van der Waals surface area contributed by atoms with Crippen molar-refractivity contribution in [2.75, 3.05) is 13.7 Å². The summed E-state index contributed by atoms with van der Waals surface area (Å²) in [6.45, 7) is 0.457. The molecular formula is C24H23ClN2O4S. The zero-order valence-electron chi connectivity index (χ0n) is 17.4. The number of esters is 1. The lowest BCUT2D eigenvalue weighted by Gasteiger charge is -2.22. The maximum atomic E-state index is 12.0. The Kier molecular flexibility index (Phi) is 6.89. The summed E-state index contributed by atoms with van der Waals surface area (Å²) in [6.07, 6.45) is 2.35. The van der Waals surface area contributed by atoms with Gasteiger partial charge in [0.25, 0.3) is 0 Å². The van der Waals surface area contributed by atoms with E-state index in [0.29, 0.717) is 11.6 Å². The Morgan fingerprint density at radius 2 is 2.09 bits per heavy atom. The maximum Gasteiger partial charge on any atom is 0.330 e. The number of aliphatic hydroxyl groups is 1. The van der Waals surface area contributed by atoms with E-state index < -0.39 is 12.1 Å². The number of benzene rings is 2. The molecule has 0 spiro atoms. The molecular weight excluding hydrogens is 448 g/mol. The first kappa shape index (κ1) is 22.5. The van der Waals surface area contributed by atoms with Gasteiger partial charge in [-0.3, -0.25) is 4.79 Å². The number of aromatic nitrogens is 1. The minimum atomic E-state index is -0.765. The Bertz CT molecular complexity index is 1130. The molecule has 8 heteroatoms. The van der Waals surface area contributed by atoms with E-state index in [-0.39, 0.29) is 23.7 Å². The van der Waals surface area contributed by atoms with Crippen LogP contribution >= 0.6 is 22.9 Å². The van der Waals surface area contributed by atoms with Crippen LogP contribution in [0.25, 0.3) is 10.2 Å². The molecule has 2 aromatic carbocycles. The normalized spacial score (nSPS) is 19.6. The van der Waals surface area contributed by atoms with Crippen LogP contribution in [0.15, 0.2) is 60.7 Å². The fourth-order valence-electron chi connectivity index (χ4n) is 3.93. The Labute approximate surface area is 194 Å². The van der Waals surface area contributed by atoms with E-state index in [4.69, 9.17) is 16.6 Å². The number of nitrogens with one attached hydrogen (secondary N) is 1. The van der Waals surface area contributed by atoms with Crippen LogP contribution in [0.1, 0.15) is 29.0 Å². The van der Waals surface area contributed by atoms with E-state index in [9.17, 15) is 14.7 Å². The zero-order chi connectivity index (χ0) is 22.7. The van der Waals surface area contributed by atoms with E-state index in [0.717, 1.165) is 39.4 Å². The molecule has 2 N–H and O–H groups in total. The standard InChI is InChI=1S/C24H23ClN2O4S/c1-31-21(29)10-9-20(28)26-13-15-12-17(15)22(23(30)14-5-4-6-16(25)11-14)24-27-18-7-2-3-8-19(18)32-24/h2-11,15,17,22-23,30H,12-13H2,1H3,(H,26,28)/b10-9+/t15?,17?,22-,23-/m0/s1. The van der Waals surface area contributed by atoms with Gasteiger partial charge in [0.1, 0.15) is 5.01 Å². The van der Waals surface area contributed by atoms with E-state index >= 15 is 0 Å². The predicted octanol–water partition coefficient (Wildman–Crippen LogP) is 4.25. The molecule has 1 aromatic heterocycles. The molecule has 0 bridgehead atoms. The van der Waals surface area contributed by atoms with Crippen molar-refractivity contribution in [1.82, 2.24) is 10.3 Å². The van der Waals surface area contributed by atoms with Gasteiger partial charge in [-0.15, -0.1) is 11.3 Å². The van der Waals surface area contributed by atoms with Crippen LogP contribution in [-0.2, 0) is 14.3 Å². The van der Waals surface area contributed by atoms with Crippen LogP contribution in [0.4, 0.5) is 0 Å². The van der Waals surface area contributed by atoms with Crippen molar-refractivity contribution in [2.45, 2.75) is 18.4 Å². The lowest BCUT2D eigenvalue weighted by atomic mass is 9.91. The minimum absolute atomic E-state index is 0.162. The van der Waals surface area contributed by atoms with E-state index in [1.54, 1.807) is 23.5 Å². The molecule has 1 amide bonds. The number of amides is 1. The molecule has 1 saturated carbocycles. The van der Waals surface area contributed by atoms with Gasteiger partial charge in [0.2, 0.25) is 5.91 Å². The van der Waals surface area contributed by atoms with E-state index in [2.05, 4.69) is 10.1 Å². The molecule has 2 unspecified atom stereocenters. The van der Waals surface area contributed by atoms with Crippen LogP contribution in [0.2, 0.25) is 5.02 Å². The number of thiazole rings is 1. The second-order valence-electron chi connectivity index (χ2n) is 7.81. The number of carbonyl (C=O) groups is 2. The summed E-state index contributed by atoms with van der Waals surface area (Å²) in [5.41, 5.74) is 1.66. The molecule has 0 aliphatic heterocycles. The number of ether oxygens (including phenoxy) is 1. The monoisotopic (exact) mass is 470 g/mol. The van der Waals surface area contributed by atoms with Crippen LogP contribution in [0, 0.1) is 11.8 Å². The number of carbonyl (C=O) groups excluding carboxylic acids is 2. The summed E-state index contributed by atoms with van der Waals surface area (Å²) < 4.78 is 5.56. The molecule has 1 aliphatic rings. The minimum Gasteiger partial charge on any atom is -0.466 e. The number of aliphatic hydroxyl groups excluding tert-OH is 1. The third-order valence-corrected chi connectivity index (χ3v) is 7.05. The summed E-state index contributed by atoms with van der Waals surface area (Å²) in [5, 5.41) is 15.6. The average Bonchev–Trinajstić information content (AvgIpc) is 3.42. The highest BCUT2D eigenvalue weighted by atomic mass is 35.5. The molecule has 4 rings (SSSR count). The Morgan fingerprint density at radius 1 is 1.28 bits per heavy atom. The topological polar surface area (TPSA) is 88.5 Å². The second kappa shape index (κ2) is 9.81. The average molecular weight is 471 g/mol. The van der Waals surface area contributed by atoms with Gasteiger partial charge in [-0.1, -0.05) is 35.9 Å². The lowest BCUT2D eigenvalue weighted by molar-refractivity contribution is -0.135. The van der Waals surface area contributed by atoms with Crippen molar-refractivity contribution in [3.8, 4) is 0 Å². The van der Waals surface area contributed by atoms with Gasteiger partial charge in [-0.2, -0.15) is 0 Å². The quantitative estimate of drug-likeness (QED) is 0.379. The molecule has 0 radical (unpaired) electrons. The SMILES string of the molecule is COC(=O)/C=C/C(=O)NCC1CC1[C@H](c1nc2ccccc2s1)[C@@H](O)c1cccc(Cl)c1. The third-order valence-electron chi connectivity index (χ3n) is 5.67. The molecule has 0 saturated heterocycles. The highest BCUT2D eigenvalue weighted by Gasteiger charge is 2.47. The Hall–Kier alpha value is -2.74. The molecule has 3 aromatic rings. The van der Waals surface area contributed by atoms with Gasteiger partial charge in [0, 0.05) is 29.6 Å². The van der Waals surface area contributed by atoms with Crippen molar-refractivity contribution < 1.29 is 19.4 Å². The smallest absolute Gasteiger partial charge is 0.330 e. The number of hydrogen-bond donors (Lipinski definition) is 2. The summed E-state index contributed by atoms with van der Waals surface area (Å²) >= 11 is 7.75. The predicted molar refractivity (Wildman–Crippen MR) is 125 cm³/mol. The summed E-state index contributed by atoms with van der Waals surface area (Å²) in [7, 11) is 1.26. The number of nitrogens with zero attached hydrogens (tertiary/aromatic N) is 1. The van der Waals surface area contributed by atoms with Crippen LogP contribution in [0.3, 0.4) is 0 Å². The molecule has 1 fully saturated rings. The lowest BCUT2D eigenvalue weighted by Crippen LogP contribution is -2.25. The van der Waals surface area contributed by atoms with E-state index in [1.165, 1.54) is 7.11 Å². The number of para-hydroxylation sites is 1. The fourth-order valence-corrected chi connectivity index (χ4v) is 5.30. The Balaban J connectivity index is 1.52. The van der Waals surface area contributed by atoms with Crippen molar-refractivity contribution in [1.29, 1.82) is 0 Å². The highest BCUT2D eigenvalue weighted by molar-refractivity contribution is 7.18. The molecule has 1 aliphatic carbocycles. The highest BCUT2D eigenvalue weighted by Crippen LogP contribution is 2.54. The first-order valence-electron chi connectivity index (χ1n) is 10.3. The van der Waals surface area contributed by atoms with E-state index in [1.807, 2.05) is 36.4 Å². The summed E-state index contributed by atoms with van der Waals surface area (Å²) in [5.74, 6) is -0.776. The number of rotatable bonds is 8. The van der Waals surface area contributed by atoms with Gasteiger partial charge in [-0.05, 0) is 48.1 Å². The van der Waals surface area contributed by atoms with Gasteiger partial charge in [-0.25, -0.2) is 9.78 Å². The number of methoxy groups -OCH3 is 1. The number of hydrogen-bond acceptors (Lipinski definition) is 6. The number of halogens is 1. The van der Waals surface area contributed by atoms with Crippen LogP contribution in [-0.4, -0.2) is 35.6 Å².